The molecule has 1 heterocycles. The van der Waals surface area contributed by atoms with Crippen molar-refractivity contribution in [3.05, 3.63) is 40.1 Å². The van der Waals surface area contributed by atoms with Gasteiger partial charge in [0.2, 0.25) is 0 Å². The average Bonchev–Trinajstić information content (AvgIpc) is 3.02. The molecule has 0 aliphatic heterocycles. The second-order valence-corrected chi connectivity index (χ2v) is 9.28. The normalized spacial score (nSPS) is 39.5. The van der Waals surface area contributed by atoms with E-state index in [1.807, 2.05) is 11.3 Å². The Morgan fingerprint density at radius 2 is 2.05 bits per heavy atom. The molecule has 0 spiro atoms. The lowest BCUT2D eigenvalue weighted by Gasteiger charge is -2.45. The molecule has 3 aliphatic carbocycles. The molecule has 2 heteroatoms. The molecule has 0 bridgehead atoms. The zero-order valence-electron chi connectivity index (χ0n) is 14.0. The Kier molecular flexibility index (Phi) is 3.22. The van der Waals surface area contributed by atoms with Crippen molar-refractivity contribution < 1.29 is 4.74 Å². The maximum absolute atomic E-state index is 6.43. The monoisotopic (exact) mass is 314 g/mol. The minimum atomic E-state index is -0.0593. The van der Waals surface area contributed by atoms with Crippen LogP contribution in [0.5, 0.6) is 0 Å². The second-order valence-electron chi connectivity index (χ2n) is 8.33. The topological polar surface area (TPSA) is 9.23 Å². The molecule has 0 aromatic carbocycles. The molecule has 118 valence electrons. The van der Waals surface area contributed by atoms with Gasteiger partial charge < -0.3 is 4.74 Å². The quantitative estimate of drug-likeness (QED) is 0.609. The summed E-state index contributed by atoms with van der Waals surface area (Å²) >= 11 is 1.87. The van der Waals surface area contributed by atoms with E-state index in [0.717, 1.165) is 0 Å². The summed E-state index contributed by atoms with van der Waals surface area (Å²) < 4.78 is 6.43. The maximum Gasteiger partial charge on any atom is 0.0673 e. The average molecular weight is 314 g/mol. The first-order chi connectivity index (χ1) is 10.4. The van der Waals surface area contributed by atoms with Crippen molar-refractivity contribution in [3.8, 4) is 0 Å². The van der Waals surface area contributed by atoms with Crippen LogP contribution in [0.25, 0.3) is 6.08 Å². The molecule has 1 unspecified atom stereocenters. The number of ether oxygens (including phenoxy) is 1. The lowest BCUT2D eigenvalue weighted by Crippen LogP contribution is -2.42. The van der Waals surface area contributed by atoms with Crippen molar-refractivity contribution in [1.82, 2.24) is 0 Å². The van der Waals surface area contributed by atoms with Gasteiger partial charge in [-0.2, -0.15) is 0 Å². The number of rotatable bonds is 1. The van der Waals surface area contributed by atoms with E-state index in [-0.39, 0.29) is 11.0 Å². The lowest BCUT2D eigenvalue weighted by molar-refractivity contribution is -0.0987. The number of fused-ring (bicyclic) bond motifs is 5. The highest BCUT2D eigenvalue weighted by molar-refractivity contribution is 7.11. The fourth-order valence-corrected chi connectivity index (χ4v) is 5.70. The Morgan fingerprint density at radius 3 is 2.82 bits per heavy atom. The fraction of sp³-hybridized carbons (Fsp3) is 0.600. The number of hydrogen-bond donors (Lipinski definition) is 0. The molecule has 1 aromatic heterocycles. The van der Waals surface area contributed by atoms with Gasteiger partial charge in [-0.3, -0.25) is 0 Å². The molecule has 4 rings (SSSR count). The van der Waals surface area contributed by atoms with Crippen LogP contribution < -0.4 is 0 Å². The molecule has 0 N–H and O–H groups in total. The number of hydrogen-bond acceptors (Lipinski definition) is 2. The molecule has 0 radical (unpaired) electrons. The Labute approximate surface area is 138 Å². The summed E-state index contributed by atoms with van der Waals surface area (Å²) in [7, 11) is 0. The fourth-order valence-electron chi connectivity index (χ4n) is 4.84. The highest BCUT2D eigenvalue weighted by atomic mass is 32.1. The zero-order chi connectivity index (χ0) is 15.5. The molecule has 0 saturated heterocycles. The molecular weight excluding hydrogens is 288 g/mol. The summed E-state index contributed by atoms with van der Waals surface area (Å²) in [5.41, 5.74) is 1.67. The molecular formula is C20H26OS. The van der Waals surface area contributed by atoms with E-state index >= 15 is 0 Å². The van der Waals surface area contributed by atoms with Gasteiger partial charge in [-0.05, 0) is 68.5 Å². The van der Waals surface area contributed by atoms with E-state index in [1.165, 1.54) is 23.3 Å². The molecule has 22 heavy (non-hydrogen) atoms. The van der Waals surface area contributed by atoms with Crippen LogP contribution in [0.15, 0.2) is 29.7 Å². The summed E-state index contributed by atoms with van der Waals surface area (Å²) in [6, 6.07) is 2.33. The largest absolute Gasteiger partial charge is 0.372 e. The molecule has 1 fully saturated rings. The lowest BCUT2D eigenvalue weighted by atomic mass is 9.61. The first-order valence-corrected chi connectivity index (χ1v) is 9.39. The Balaban J connectivity index is 1.69. The standard InChI is InChI=1S/C20H26OS/c1-19(2,3)21-18-8-6-16-14-5-7-17-15(10-12-22-17)13(14)9-11-20(16,18)4/h5,7,9-14,16,18H,6,8H2,1-4H3/t13-,14-,16+,18?,20+/m1/s1. The van der Waals surface area contributed by atoms with E-state index < -0.39 is 0 Å². The van der Waals surface area contributed by atoms with Gasteiger partial charge in [0, 0.05) is 16.2 Å². The third kappa shape index (κ3) is 2.15. The van der Waals surface area contributed by atoms with Crippen LogP contribution in [0.2, 0.25) is 0 Å². The van der Waals surface area contributed by atoms with E-state index in [4.69, 9.17) is 4.74 Å². The van der Waals surface area contributed by atoms with Gasteiger partial charge in [-0.15, -0.1) is 11.3 Å². The summed E-state index contributed by atoms with van der Waals surface area (Å²) in [6.45, 7) is 8.95. The van der Waals surface area contributed by atoms with Crippen LogP contribution in [0.4, 0.5) is 0 Å². The molecule has 5 atom stereocenters. The van der Waals surface area contributed by atoms with Crippen molar-refractivity contribution in [2.24, 2.45) is 17.3 Å². The van der Waals surface area contributed by atoms with Crippen LogP contribution in [0.1, 0.15) is 56.9 Å². The summed E-state index contributed by atoms with van der Waals surface area (Å²) in [5, 5.41) is 2.24. The van der Waals surface area contributed by atoms with Gasteiger partial charge in [-0.1, -0.05) is 25.2 Å². The smallest absolute Gasteiger partial charge is 0.0673 e. The van der Waals surface area contributed by atoms with E-state index in [1.54, 1.807) is 0 Å². The highest BCUT2D eigenvalue weighted by Gasteiger charge is 2.53. The van der Waals surface area contributed by atoms with Crippen molar-refractivity contribution >= 4 is 17.4 Å². The van der Waals surface area contributed by atoms with Crippen LogP contribution in [0.3, 0.4) is 0 Å². The van der Waals surface area contributed by atoms with Gasteiger partial charge in [0.05, 0.1) is 11.7 Å². The Bertz CT molecular complexity index is 632. The second kappa shape index (κ2) is 4.82. The molecule has 3 aliphatic rings. The first-order valence-electron chi connectivity index (χ1n) is 8.51. The summed E-state index contributed by atoms with van der Waals surface area (Å²) in [4.78, 5) is 1.45. The van der Waals surface area contributed by atoms with E-state index in [0.29, 0.717) is 23.9 Å². The van der Waals surface area contributed by atoms with Crippen LogP contribution in [-0.4, -0.2) is 11.7 Å². The van der Waals surface area contributed by atoms with Crippen molar-refractivity contribution in [2.75, 3.05) is 0 Å². The third-order valence-electron chi connectivity index (χ3n) is 5.83. The van der Waals surface area contributed by atoms with E-state index in [2.05, 4.69) is 63.4 Å². The van der Waals surface area contributed by atoms with Crippen molar-refractivity contribution in [1.29, 1.82) is 0 Å². The number of allylic oxidation sites excluding steroid dienone is 2. The summed E-state index contributed by atoms with van der Waals surface area (Å²) in [5.74, 6) is 1.93. The maximum atomic E-state index is 6.43. The number of thiophene rings is 1. The van der Waals surface area contributed by atoms with Crippen LogP contribution in [0, 0.1) is 17.3 Å². The Morgan fingerprint density at radius 1 is 1.23 bits per heavy atom. The molecule has 1 aromatic rings. The van der Waals surface area contributed by atoms with E-state index in [9.17, 15) is 0 Å². The van der Waals surface area contributed by atoms with Gasteiger partial charge in [0.1, 0.15) is 0 Å². The van der Waals surface area contributed by atoms with Crippen molar-refractivity contribution in [2.45, 2.75) is 58.2 Å². The van der Waals surface area contributed by atoms with Gasteiger partial charge in [0.15, 0.2) is 0 Å². The molecule has 1 nitrogen and oxygen atoms in total. The Hall–Kier alpha value is -0.860. The first kappa shape index (κ1) is 14.7. The SMILES string of the molecule is CC(C)(C)OC1CC[C@H]2[C@@H]3C=Cc4sccc4[C@@H]3C=C[C@]12C. The predicted octanol–water partition coefficient (Wildman–Crippen LogP) is 5.64. The van der Waals surface area contributed by atoms with Gasteiger partial charge in [0.25, 0.3) is 0 Å². The predicted molar refractivity (Wildman–Crippen MR) is 94.2 cm³/mol. The molecule has 0 amide bonds. The highest BCUT2D eigenvalue weighted by Crippen LogP contribution is 2.58. The third-order valence-corrected chi connectivity index (χ3v) is 6.72. The summed E-state index contributed by atoms with van der Waals surface area (Å²) in [6.07, 6.45) is 12.6. The van der Waals surface area contributed by atoms with Crippen LogP contribution in [-0.2, 0) is 4.74 Å². The minimum Gasteiger partial charge on any atom is -0.372 e. The van der Waals surface area contributed by atoms with Gasteiger partial charge in [-0.25, -0.2) is 0 Å². The van der Waals surface area contributed by atoms with Crippen molar-refractivity contribution in [3.63, 3.8) is 0 Å². The zero-order valence-corrected chi connectivity index (χ0v) is 14.8. The van der Waals surface area contributed by atoms with Gasteiger partial charge >= 0.3 is 0 Å². The minimum absolute atomic E-state index is 0.0593. The van der Waals surface area contributed by atoms with Crippen LogP contribution >= 0.6 is 11.3 Å². The molecule has 1 saturated carbocycles.